The molecular weight excluding hydrogens is 268 g/mol. The van der Waals surface area contributed by atoms with Crippen molar-refractivity contribution in [3.63, 3.8) is 0 Å². The number of carbonyl (C=O) groups is 1. The SMILES string of the molecule is Cc1ccc(OCC(=O)Nc2cnccc2CO)cc1C. The van der Waals surface area contributed by atoms with Gasteiger partial charge in [0.2, 0.25) is 0 Å². The van der Waals surface area contributed by atoms with E-state index >= 15 is 0 Å². The minimum absolute atomic E-state index is 0.0950. The average molecular weight is 286 g/mol. The van der Waals surface area contributed by atoms with Crippen LogP contribution in [0.5, 0.6) is 5.75 Å². The smallest absolute Gasteiger partial charge is 0.262 e. The lowest BCUT2D eigenvalue weighted by atomic mass is 10.1. The summed E-state index contributed by atoms with van der Waals surface area (Å²) in [4.78, 5) is 15.8. The number of pyridine rings is 1. The Morgan fingerprint density at radius 2 is 2.10 bits per heavy atom. The summed E-state index contributed by atoms with van der Waals surface area (Å²) >= 11 is 0. The zero-order chi connectivity index (χ0) is 15.2. The van der Waals surface area contributed by atoms with Crippen LogP contribution in [0.25, 0.3) is 0 Å². The molecule has 1 aromatic carbocycles. The van der Waals surface area contributed by atoms with Gasteiger partial charge in [0.05, 0.1) is 18.5 Å². The summed E-state index contributed by atoms with van der Waals surface area (Å²) in [5, 5.41) is 11.9. The van der Waals surface area contributed by atoms with Crippen molar-refractivity contribution in [1.29, 1.82) is 0 Å². The molecule has 21 heavy (non-hydrogen) atoms. The van der Waals surface area contributed by atoms with Gasteiger partial charge in [-0.2, -0.15) is 0 Å². The molecule has 1 aromatic heterocycles. The first-order chi connectivity index (χ1) is 10.1. The highest BCUT2D eigenvalue weighted by molar-refractivity contribution is 5.92. The van der Waals surface area contributed by atoms with E-state index in [2.05, 4.69) is 10.3 Å². The van der Waals surface area contributed by atoms with Crippen LogP contribution in [-0.4, -0.2) is 22.6 Å². The molecule has 2 N–H and O–H groups in total. The van der Waals surface area contributed by atoms with Crippen LogP contribution in [0.15, 0.2) is 36.7 Å². The van der Waals surface area contributed by atoms with Crippen molar-refractivity contribution in [2.75, 3.05) is 11.9 Å². The van der Waals surface area contributed by atoms with Crippen molar-refractivity contribution in [1.82, 2.24) is 4.98 Å². The average Bonchev–Trinajstić information content (AvgIpc) is 2.49. The molecule has 1 amide bonds. The lowest BCUT2D eigenvalue weighted by molar-refractivity contribution is -0.118. The molecule has 0 aliphatic rings. The third-order valence-electron chi connectivity index (χ3n) is 3.20. The number of hydrogen-bond donors (Lipinski definition) is 2. The Morgan fingerprint density at radius 1 is 1.29 bits per heavy atom. The first kappa shape index (κ1) is 15.0. The molecule has 0 fully saturated rings. The van der Waals surface area contributed by atoms with E-state index in [-0.39, 0.29) is 19.1 Å². The summed E-state index contributed by atoms with van der Waals surface area (Å²) in [6.07, 6.45) is 3.06. The maximum absolute atomic E-state index is 11.9. The number of ether oxygens (including phenoxy) is 1. The zero-order valence-corrected chi connectivity index (χ0v) is 12.1. The van der Waals surface area contributed by atoms with Crippen LogP contribution in [-0.2, 0) is 11.4 Å². The number of rotatable bonds is 5. The number of nitrogens with one attached hydrogen (secondary N) is 1. The lowest BCUT2D eigenvalue weighted by Crippen LogP contribution is -2.21. The number of aliphatic hydroxyl groups excluding tert-OH is 1. The standard InChI is InChI=1S/C16H18N2O3/c1-11-3-4-14(7-12(11)2)21-10-16(20)18-15-8-17-6-5-13(15)9-19/h3-8,19H,9-10H2,1-2H3,(H,18,20). The van der Waals surface area contributed by atoms with E-state index in [1.807, 2.05) is 32.0 Å². The first-order valence-corrected chi connectivity index (χ1v) is 6.64. The van der Waals surface area contributed by atoms with Gasteiger partial charge in [-0.1, -0.05) is 6.07 Å². The van der Waals surface area contributed by atoms with Gasteiger partial charge in [-0.15, -0.1) is 0 Å². The highest BCUT2D eigenvalue weighted by Crippen LogP contribution is 2.17. The minimum atomic E-state index is -0.295. The van der Waals surface area contributed by atoms with Crippen molar-refractivity contribution in [2.45, 2.75) is 20.5 Å². The molecule has 0 saturated carbocycles. The first-order valence-electron chi connectivity index (χ1n) is 6.64. The second kappa shape index (κ2) is 6.85. The van der Waals surface area contributed by atoms with E-state index in [0.29, 0.717) is 17.0 Å². The van der Waals surface area contributed by atoms with Crippen molar-refractivity contribution >= 4 is 11.6 Å². The predicted octanol–water partition coefficient (Wildman–Crippen LogP) is 2.21. The summed E-state index contributed by atoms with van der Waals surface area (Å²) in [6.45, 7) is 3.76. The third kappa shape index (κ3) is 4.03. The fourth-order valence-corrected chi connectivity index (χ4v) is 1.81. The molecule has 1 heterocycles. The van der Waals surface area contributed by atoms with Crippen molar-refractivity contribution < 1.29 is 14.6 Å². The van der Waals surface area contributed by atoms with Gasteiger partial charge in [0.15, 0.2) is 6.61 Å². The molecule has 2 rings (SSSR count). The number of anilines is 1. The predicted molar refractivity (Wildman–Crippen MR) is 80.2 cm³/mol. The highest BCUT2D eigenvalue weighted by Gasteiger charge is 2.07. The Balaban J connectivity index is 1.94. The van der Waals surface area contributed by atoms with Crippen LogP contribution in [0.4, 0.5) is 5.69 Å². The van der Waals surface area contributed by atoms with E-state index in [9.17, 15) is 9.90 Å². The molecule has 0 aliphatic carbocycles. The fraction of sp³-hybridized carbons (Fsp3) is 0.250. The minimum Gasteiger partial charge on any atom is -0.484 e. The molecule has 5 heteroatoms. The lowest BCUT2D eigenvalue weighted by Gasteiger charge is -2.10. The normalized spacial score (nSPS) is 10.2. The number of carbonyl (C=O) groups excluding carboxylic acids is 1. The summed E-state index contributed by atoms with van der Waals surface area (Å²) < 4.78 is 5.45. The Bertz CT molecular complexity index is 641. The number of aliphatic hydroxyl groups is 1. The maximum Gasteiger partial charge on any atom is 0.262 e. The third-order valence-corrected chi connectivity index (χ3v) is 3.20. The molecule has 110 valence electrons. The van der Waals surface area contributed by atoms with Gasteiger partial charge in [0, 0.05) is 11.8 Å². The monoisotopic (exact) mass is 286 g/mol. The van der Waals surface area contributed by atoms with Crippen LogP contribution in [0, 0.1) is 13.8 Å². The second-order valence-electron chi connectivity index (χ2n) is 4.77. The maximum atomic E-state index is 11.9. The number of aryl methyl sites for hydroxylation is 2. The highest BCUT2D eigenvalue weighted by atomic mass is 16.5. The summed E-state index contributed by atoms with van der Waals surface area (Å²) in [5.41, 5.74) is 3.40. The number of amides is 1. The molecule has 0 atom stereocenters. The van der Waals surface area contributed by atoms with Gasteiger partial charge in [-0.05, 0) is 43.2 Å². The van der Waals surface area contributed by atoms with Gasteiger partial charge < -0.3 is 15.2 Å². The molecule has 0 saturated heterocycles. The Labute approximate surface area is 123 Å². The number of hydrogen-bond acceptors (Lipinski definition) is 4. The zero-order valence-electron chi connectivity index (χ0n) is 12.1. The van der Waals surface area contributed by atoms with Crippen molar-refractivity contribution in [3.05, 3.63) is 53.3 Å². The van der Waals surface area contributed by atoms with Gasteiger partial charge in [-0.3, -0.25) is 9.78 Å². The molecular formula is C16H18N2O3. The number of nitrogens with zero attached hydrogens (tertiary/aromatic N) is 1. The summed E-state index contributed by atoms with van der Waals surface area (Å²) in [6, 6.07) is 7.33. The van der Waals surface area contributed by atoms with E-state index < -0.39 is 0 Å². The van der Waals surface area contributed by atoms with Crippen LogP contribution in [0.1, 0.15) is 16.7 Å². The topological polar surface area (TPSA) is 71.5 Å². The number of benzene rings is 1. The van der Waals surface area contributed by atoms with Crippen LogP contribution >= 0.6 is 0 Å². The largest absolute Gasteiger partial charge is 0.484 e. The van der Waals surface area contributed by atoms with Crippen LogP contribution in [0.3, 0.4) is 0 Å². The summed E-state index contributed by atoms with van der Waals surface area (Å²) in [5.74, 6) is 0.359. The molecule has 0 radical (unpaired) electrons. The molecule has 0 aliphatic heterocycles. The molecule has 0 spiro atoms. The molecule has 0 unspecified atom stereocenters. The fourth-order valence-electron chi connectivity index (χ4n) is 1.81. The van der Waals surface area contributed by atoms with Crippen LogP contribution < -0.4 is 10.1 Å². The Hall–Kier alpha value is -2.40. The van der Waals surface area contributed by atoms with Crippen molar-refractivity contribution in [2.24, 2.45) is 0 Å². The quantitative estimate of drug-likeness (QED) is 0.884. The van der Waals surface area contributed by atoms with Gasteiger partial charge in [0.1, 0.15) is 5.75 Å². The van der Waals surface area contributed by atoms with E-state index in [0.717, 1.165) is 5.56 Å². The Morgan fingerprint density at radius 3 is 2.81 bits per heavy atom. The van der Waals surface area contributed by atoms with E-state index in [1.54, 1.807) is 12.3 Å². The van der Waals surface area contributed by atoms with Gasteiger partial charge in [-0.25, -0.2) is 0 Å². The van der Waals surface area contributed by atoms with Crippen LogP contribution in [0.2, 0.25) is 0 Å². The van der Waals surface area contributed by atoms with Gasteiger partial charge >= 0.3 is 0 Å². The molecule has 0 bridgehead atoms. The van der Waals surface area contributed by atoms with E-state index in [1.165, 1.54) is 11.8 Å². The Kier molecular flexibility index (Phi) is 4.90. The molecule has 5 nitrogen and oxygen atoms in total. The second-order valence-corrected chi connectivity index (χ2v) is 4.77. The van der Waals surface area contributed by atoms with E-state index in [4.69, 9.17) is 4.74 Å². The van der Waals surface area contributed by atoms with Gasteiger partial charge in [0.25, 0.3) is 5.91 Å². The van der Waals surface area contributed by atoms with Crippen molar-refractivity contribution in [3.8, 4) is 5.75 Å². The molecule has 2 aromatic rings. The summed E-state index contributed by atoms with van der Waals surface area (Å²) in [7, 11) is 0. The number of aromatic nitrogens is 1.